The van der Waals surface area contributed by atoms with E-state index in [9.17, 15) is 0 Å². The minimum Gasteiger partial charge on any atom is -0.379 e. The molecule has 3 rings (SSSR count). The maximum atomic E-state index is 8.83. The lowest BCUT2D eigenvalue weighted by Crippen LogP contribution is -2.09. The fourth-order valence-corrected chi connectivity index (χ4v) is 3.00. The summed E-state index contributed by atoms with van der Waals surface area (Å²) in [5.74, 6) is 0. The van der Waals surface area contributed by atoms with E-state index in [1.807, 2.05) is 24.3 Å². The molecule has 106 valence electrons. The maximum Gasteiger partial charge on any atom is 0.0991 e. The fourth-order valence-electron chi connectivity index (χ4n) is 3.00. The van der Waals surface area contributed by atoms with Crippen molar-refractivity contribution in [3.8, 4) is 6.07 Å². The van der Waals surface area contributed by atoms with Crippen LogP contribution in [0.2, 0.25) is 0 Å². The minimum absolute atomic E-state index is 0.269. The lowest BCUT2D eigenvalue weighted by atomic mass is 9.89. The molecule has 0 spiro atoms. The molecule has 1 aliphatic carbocycles. The van der Waals surface area contributed by atoms with Gasteiger partial charge >= 0.3 is 0 Å². The number of hydrogen-bond donors (Lipinski definition) is 1. The van der Waals surface area contributed by atoms with E-state index in [0.717, 1.165) is 5.69 Å². The van der Waals surface area contributed by atoms with Crippen LogP contribution in [0.15, 0.2) is 42.5 Å². The Bertz CT molecular complexity index is 665. The van der Waals surface area contributed by atoms with Crippen LogP contribution in [0.1, 0.15) is 48.1 Å². The van der Waals surface area contributed by atoms with E-state index >= 15 is 0 Å². The second kappa shape index (κ2) is 6.01. The Morgan fingerprint density at radius 2 is 1.71 bits per heavy atom. The fraction of sp³-hybridized carbons (Fsp3) is 0.316. The van der Waals surface area contributed by atoms with Gasteiger partial charge in [-0.15, -0.1) is 0 Å². The maximum absolute atomic E-state index is 8.83. The van der Waals surface area contributed by atoms with Crippen molar-refractivity contribution in [3.05, 3.63) is 64.7 Å². The van der Waals surface area contributed by atoms with Crippen LogP contribution in [0.4, 0.5) is 5.69 Å². The molecule has 2 heteroatoms. The summed E-state index contributed by atoms with van der Waals surface area (Å²) in [5.41, 5.74) is 6.13. The Kier molecular flexibility index (Phi) is 3.92. The van der Waals surface area contributed by atoms with Crippen molar-refractivity contribution in [2.24, 2.45) is 0 Å². The van der Waals surface area contributed by atoms with E-state index in [1.54, 1.807) is 0 Å². The van der Waals surface area contributed by atoms with E-state index < -0.39 is 0 Å². The van der Waals surface area contributed by atoms with Crippen molar-refractivity contribution in [2.75, 3.05) is 5.32 Å². The number of rotatable bonds is 3. The quantitative estimate of drug-likeness (QED) is 0.888. The van der Waals surface area contributed by atoms with E-state index in [2.05, 4.69) is 36.5 Å². The molecule has 0 radical (unpaired) electrons. The van der Waals surface area contributed by atoms with Crippen molar-refractivity contribution in [1.29, 1.82) is 5.26 Å². The summed E-state index contributed by atoms with van der Waals surface area (Å²) in [6.45, 7) is 2.18. The van der Waals surface area contributed by atoms with Gasteiger partial charge in [-0.3, -0.25) is 0 Å². The van der Waals surface area contributed by atoms with Gasteiger partial charge < -0.3 is 5.32 Å². The van der Waals surface area contributed by atoms with Gasteiger partial charge in [-0.05, 0) is 73.6 Å². The van der Waals surface area contributed by atoms with Crippen molar-refractivity contribution in [1.82, 2.24) is 0 Å². The number of anilines is 1. The Morgan fingerprint density at radius 3 is 2.43 bits per heavy atom. The van der Waals surface area contributed by atoms with Crippen molar-refractivity contribution < 1.29 is 0 Å². The standard InChI is InChI=1S/C19H20N2/c1-14(21-19-10-6-15(13-20)7-11-19)17-9-8-16-4-2-3-5-18(16)12-17/h6-12,14,21H,2-5H2,1H3. The Hall–Kier alpha value is -2.27. The van der Waals surface area contributed by atoms with Crippen LogP contribution < -0.4 is 5.32 Å². The number of nitrogens with one attached hydrogen (secondary N) is 1. The highest BCUT2D eigenvalue weighted by Gasteiger charge is 2.12. The lowest BCUT2D eigenvalue weighted by Gasteiger charge is -2.20. The average molecular weight is 276 g/mol. The zero-order valence-corrected chi connectivity index (χ0v) is 12.4. The molecule has 2 aromatic rings. The number of nitriles is 1. The Morgan fingerprint density at radius 1 is 1.00 bits per heavy atom. The van der Waals surface area contributed by atoms with Crippen molar-refractivity contribution in [3.63, 3.8) is 0 Å². The molecule has 21 heavy (non-hydrogen) atoms. The molecule has 1 atom stereocenters. The predicted molar refractivity (Wildman–Crippen MR) is 86.3 cm³/mol. The van der Waals surface area contributed by atoms with Crippen molar-refractivity contribution >= 4 is 5.69 Å². The van der Waals surface area contributed by atoms with Gasteiger partial charge in [-0.25, -0.2) is 0 Å². The molecule has 2 aromatic carbocycles. The third kappa shape index (κ3) is 3.08. The van der Waals surface area contributed by atoms with Crippen LogP contribution in [0.25, 0.3) is 0 Å². The van der Waals surface area contributed by atoms with Crippen LogP contribution in [0, 0.1) is 11.3 Å². The molecule has 0 aromatic heterocycles. The van der Waals surface area contributed by atoms with Gasteiger partial charge in [0.05, 0.1) is 11.6 Å². The molecule has 0 amide bonds. The molecular weight excluding hydrogens is 256 g/mol. The highest BCUT2D eigenvalue weighted by molar-refractivity contribution is 5.49. The molecule has 1 aliphatic rings. The zero-order valence-electron chi connectivity index (χ0n) is 12.4. The van der Waals surface area contributed by atoms with Crippen LogP contribution in [-0.4, -0.2) is 0 Å². The number of hydrogen-bond acceptors (Lipinski definition) is 2. The number of benzene rings is 2. The van der Waals surface area contributed by atoms with Crippen molar-refractivity contribution in [2.45, 2.75) is 38.6 Å². The first-order valence-corrected chi connectivity index (χ1v) is 7.64. The van der Waals surface area contributed by atoms with Crippen LogP contribution in [0.3, 0.4) is 0 Å². The summed E-state index contributed by atoms with van der Waals surface area (Å²) in [6.07, 6.45) is 5.08. The first-order valence-electron chi connectivity index (χ1n) is 7.64. The number of nitrogens with zero attached hydrogens (tertiary/aromatic N) is 1. The summed E-state index contributed by atoms with van der Waals surface area (Å²) in [5, 5.41) is 12.3. The number of fused-ring (bicyclic) bond motifs is 1. The first kappa shape index (κ1) is 13.7. The molecule has 0 saturated carbocycles. The minimum atomic E-state index is 0.269. The summed E-state index contributed by atoms with van der Waals surface area (Å²) in [6, 6.07) is 16.9. The van der Waals surface area contributed by atoms with Crippen LogP contribution in [0.5, 0.6) is 0 Å². The third-order valence-electron chi connectivity index (χ3n) is 4.27. The van der Waals surface area contributed by atoms with E-state index in [-0.39, 0.29) is 6.04 Å². The van der Waals surface area contributed by atoms with Gasteiger partial charge in [0.15, 0.2) is 0 Å². The highest BCUT2D eigenvalue weighted by atomic mass is 14.9. The molecule has 0 aliphatic heterocycles. The monoisotopic (exact) mass is 276 g/mol. The number of aryl methyl sites for hydroxylation is 2. The topological polar surface area (TPSA) is 35.8 Å². The van der Waals surface area contributed by atoms with Gasteiger partial charge in [-0.2, -0.15) is 5.26 Å². The van der Waals surface area contributed by atoms with Gasteiger partial charge in [0.2, 0.25) is 0 Å². The molecule has 2 nitrogen and oxygen atoms in total. The molecule has 0 heterocycles. The smallest absolute Gasteiger partial charge is 0.0991 e. The third-order valence-corrected chi connectivity index (χ3v) is 4.27. The second-order valence-corrected chi connectivity index (χ2v) is 5.79. The summed E-state index contributed by atoms with van der Waals surface area (Å²) < 4.78 is 0. The lowest BCUT2D eigenvalue weighted by molar-refractivity contribution is 0.683. The van der Waals surface area contributed by atoms with E-state index in [1.165, 1.54) is 42.4 Å². The molecule has 0 fully saturated rings. The second-order valence-electron chi connectivity index (χ2n) is 5.79. The molecule has 0 bridgehead atoms. The van der Waals surface area contributed by atoms with Crippen LogP contribution >= 0.6 is 0 Å². The SMILES string of the molecule is CC(Nc1ccc(C#N)cc1)c1ccc2c(c1)CCCC2. The van der Waals surface area contributed by atoms with Crippen LogP contribution in [-0.2, 0) is 12.8 Å². The molecule has 1 unspecified atom stereocenters. The zero-order chi connectivity index (χ0) is 14.7. The van der Waals surface area contributed by atoms with E-state index in [4.69, 9.17) is 5.26 Å². The van der Waals surface area contributed by atoms with E-state index in [0.29, 0.717) is 5.56 Å². The predicted octanol–water partition coefficient (Wildman–Crippen LogP) is 4.61. The summed E-state index contributed by atoms with van der Waals surface area (Å²) in [4.78, 5) is 0. The van der Waals surface area contributed by atoms with Gasteiger partial charge in [0.1, 0.15) is 0 Å². The molecule has 0 saturated heterocycles. The molecular formula is C19H20N2. The summed E-state index contributed by atoms with van der Waals surface area (Å²) >= 11 is 0. The van der Waals surface area contributed by atoms with Gasteiger partial charge in [0.25, 0.3) is 0 Å². The largest absolute Gasteiger partial charge is 0.379 e. The molecule has 1 N–H and O–H groups in total. The Balaban J connectivity index is 1.75. The van der Waals surface area contributed by atoms with Gasteiger partial charge in [0, 0.05) is 11.7 Å². The normalized spacial score (nSPS) is 14.9. The first-order chi connectivity index (χ1) is 10.3. The van der Waals surface area contributed by atoms with Gasteiger partial charge in [-0.1, -0.05) is 18.2 Å². The average Bonchev–Trinajstić information content (AvgIpc) is 2.55. The summed E-state index contributed by atoms with van der Waals surface area (Å²) in [7, 11) is 0. The highest BCUT2D eigenvalue weighted by Crippen LogP contribution is 2.26. The Labute approximate surface area is 126 Å².